The SMILES string of the molecule is COC(=O)CCCCCCCCCCCCCCCCCCCCCCCCCCCCCCCCCCCCCCCCCCCCCCCCCCCCCCCCCCCCC(=O)O. The summed E-state index contributed by atoms with van der Waals surface area (Å²) in [6.45, 7) is 0. The lowest BCUT2D eigenvalue weighted by molar-refractivity contribution is -0.141. The highest BCUT2D eigenvalue weighted by molar-refractivity contribution is 5.69. The van der Waals surface area contributed by atoms with Gasteiger partial charge in [0.2, 0.25) is 0 Å². The van der Waals surface area contributed by atoms with Crippen molar-refractivity contribution >= 4 is 11.9 Å². The zero-order valence-corrected chi connectivity index (χ0v) is 46.1. The molecule has 0 unspecified atom stereocenters. The number of esters is 1. The van der Waals surface area contributed by atoms with Gasteiger partial charge in [-0.15, -0.1) is 0 Å². The van der Waals surface area contributed by atoms with E-state index in [1.54, 1.807) is 0 Å². The van der Waals surface area contributed by atoms with Crippen LogP contribution in [0.3, 0.4) is 0 Å². The van der Waals surface area contributed by atoms with E-state index < -0.39 is 5.97 Å². The zero-order chi connectivity index (χ0) is 48.3. The second-order valence-electron chi connectivity index (χ2n) is 22.0. The summed E-state index contributed by atoms with van der Waals surface area (Å²) in [6, 6.07) is 0. The molecular formula is C63H124O4. The predicted octanol–water partition coefficient (Wildman–Crippen LogP) is 22.7. The number of carboxylic acids is 1. The molecule has 0 aromatic rings. The van der Waals surface area contributed by atoms with E-state index in [-0.39, 0.29) is 5.97 Å². The highest BCUT2D eigenvalue weighted by Crippen LogP contribution is 2.20. The monoisotopic (exact) mass is 945 g/mol. The molecule has 0 atom stereocenters. The van der Waals surface area contributed by atoms with Crippen LogP contribution in [0.1, 0.15) is 385 Å². The second kappa shape index (κ2) is 61.1. The van der Waals surface area contributed by atoms with Gasteiger partial charge in [0.15, 0.2) is 0 Å². The van der Waals surface area contributed by atoms with Gasteiger partial charge < -0.3 is 9.84 Å². The first-order chi connectivity index (χ1) is 33.2. The van der Waals surface area contributed by atoms with Crippen molar-refractivity contribution in [1.29, 1.82) is 0 Å². The molecular weight excluding hydrogens is 821 g/mol. The minimum atomic E-state index is -0.647. The van der Waals surface area contributed by atoms with E-state index in [0.29, 0.717) is 12.8 Å². The predicted molar refractivity (Wildman–Crippen MR) is 297 cm³/mol. The molecule has 0 saturated heterocycles. The fourth-order valence-corrected chi connectivity index (χ4v) is 10.5. The summed E-state index contributed by atoms with van der Waals surface area (Å²) >= 11 is 0. The molecule has 4 nitrogen and oxygen atoms in total. The molecule has 0 aliphatic carbocycles. The Kier molecular flexibility index (Phi) is 60.1. The molecule has 0 heterocycles. The summed E-state index contributed by atoms with van der Waals surface area (Å²) in [6.07, 6.45) is 83.0. The first-order valence-electron chi connectivity index (χ1n) is 31.5. The highest BCUT2D eigenvalue weighted by atomic mass is 16.5. The van der Waals surface area contributed by atoms with Gasteiger partial charge in [0.1, 0.15) is 0 Å². The summed E-state index contributed by atoms with van der Waals surface area (Å²) < 4.78 is 4.70. The number of aliphatic carboxylic acids is 1. The Morgan fingerprint density at radius 1 is 0.209 bits per heavy atom. The second-order valence-corrected chi connectivity index (χ2v) is 22.0. The molecule has 0 rings (SSSR count). The largest absolute Gasteiger partial charge is 0.481 e. The number of carboxylic acid groups (broad SMARTS) is 1. The first-order valence-corrected chi connectivity index (χ1v) is 31.5. The standard InChI is InChI=1S/C63H124O4/c1-67-63(66)61-59-57-55-53-51-49-47-45-43-41-39-37-35-33-31-29-27-25-23-21-19-17-15-13-11-9-7-5-3-2-4-6-8-10-12-14-16-18-20-22-24-26-28-30-32-34-36-38-40-42-44-46-48-50-52-54-56-58-60-62(64)65/h2-61H2,1H3,(H,64,65). The molecule has 0 radical (unpaired) electrons. The minimum Gasteiger partial charge on any atom is -0.481 e. The maximum Gasteiger partial charge on any atom is 0.305 e. The Balaban J connectivity index is 3.08. The molecule has 0 spiro atoms. The summed E-state index contributed by atoms with van der Waals surface area (Å²) in [7, 11) is 1.48. The lowest BCUT2D eigenvalue weighted by atomic mass is 10.0. The van der Waals surface area contributed by atoms with Gasteiger partial charge >= 0.3 is 11.9 Å². The van der Waals surface area contributed by atoms with E-state index in [1.165, 1.54) is 360 Å². The van der Waals surface area contributed by atoms with Crippen LogP contribution in [0.15, 0.2) is 0 Å². The summed E-state index contributed by atoms with van der Waals surface area (Å²) in [4.78, 5) is 21.7. The molecule has 0 aliphatic rings. The van der Waals surface area contributed by atoms with Gasteiger partial charge in [-0.3, -0.25) is 9.59 Å². The summed E-state index contributed by atoms with van der Waals surface area (Å²) in [5.74, 6) is -0.707. The molecule has 0 aromatic heterocycles. The van der Waals surface area contributed by atoms with Crippen LogP contribution >= 0.6 is 0 Å². The number of methoxy groups -OCH3 is 1. The van der Waals surface area contributed by atoms with Gasteiger partial charge in [-0.05, 0) is 12.8 Å². The molecule has 0 aliphatic heterocycles. The number of carbonyl (C=O) groups excluding carboxylic acids is 1. The van der Waals surface area contributed by atoms with E-state index in [4.69, 9.17) is 9.84 Å². The zero-order valence-electron chi connectivity index (χ0n) is 46.1. The topological polar surface area (TPSA) is 63.6 Å². The molecule has 400 valence electrons. The van der Waals surface area contributed by atoms with Crippen molar-refractivity contribution in [1.82, 2.24) is 0 Å². The summed E-state index contributed by atoms with van der Waals surface area (Å²) in [5, 5.41) is 8.68. The smallest absolute Gasteiger partial charge is 0.305 e. The van der Waals surface area contributed by atoms with Crippen molar-refractivity contribution in [3.05, 3.63) is 0 Å². The molecule has 0 fully saturated rings. The van der Waals surface area contributed by atoms with E-state index in [2.05, 4.69) is 0 Å². The van der Waals surface area contributed by atoms with Gasteiger partial charge in [0.05, 0.1) is 7.11 Å². The third kappa shape index (κ3) is 62.9. The van der Waals surface area contributed by atoms with Crippen molar-refractivity contribution in [3.8, 4) is 0 Å². The first kappa shape index (κ1) is 65.9. The van der Waals surface area contributed by atoms with Crippen LogP contribution in [0, 0.1) is 0 Å². The fraction of sp³-hybridized carbons (Fsp3) is 0.968. The maximum absolute atomic E-state index is 11.1. The highest BCUT2D eigenvalue weighted by Gasteiger charge is 2.02. The van der Waals surface area contributed by atoms with Crippen LogP contribution in [0.2, 0.25) is 0 Å². The average molecular weight is 946 g/mol. The van der Waals surface area contributed by atoms with Crippen LogP contribution in [0.5, 0.6) is 0 Å². The Labute approximate surface area is 422 Å². The third-order valence-electron chi connectivity index (χ3n) is 15.2. The van der Waals surface area contributed by atoms with Gasteiger partial charge in [0.25, 0.3) is 0 Å². The number of hydrogen-bond acceptors (Lipinski definition) is 3. The van der Waals surface area contributed by atoms with Gasteiger partial charge in [-0.2, -0.15) is 0 Å². The molecule has 0 saturated carbocycles. The molecule has 0 aromatic carbocycles. The van der Waals surface area contributed by atoms with Crippen LogP contribution in [0.25, 0.3) is 0 Å². The Morgan fingerprint density at radius 2 is 0.313 bits per heavy atom. The normalized spacial score (nSPS) is 11.5. The molecule has 4 heteroatoms. The Hall–Kier alpha value is -1.06. The van der Waals surface area contributed by atoms with Crippen molar-refractivity contribution in [2.75, 3.05) is 7.11 Å². The van der Waals surface area contributed by atoms with E-state index in [0.717, 1.165) is 19.3 Å². The number of hydrogen-bond donors (Lipinski definition) is 1. The minimum absolute atomic E-state index is 0.0597. The average Bonchev–Trinajstić information content (AvgIpc) is 3.33. The lowest BCUT2D eigenvalue weighted by Crippen LogP contribution is -1.99. The Morgan fingerprint density at radius 3 is 0.418 bits per heavy atom. The van der Waals surface area contributed by atoms with Crippen LogP contribution in [0.4, 0.5) is 0 Å². The van der Waals surface area contributed by atoms with Crippen molar-refractivity contribution < 1.29 is 19.4 Å². The quantitative estimate of drug-likeness (QED) is 0.0487. The number of carbonyl (C=O) groups is 2. The Bertz CT molecular complexity index is 918. The van der Waals surface area contributed by atoms with Gasteiger partial charge in [-0.1, -0.05) is 360 Å². The van der Waals surface area contributed by atoms with Crippen LogP contribution < -0.4 is 0 Å². The van der Waals surface area contributed by atoms with E-state index >= 15 is 0 Å². The van der Waals surface area contributed by atoms with Crippen LogP contribution in [-0.4, -0.2) is 24.2 Å². The number of ether oxygens (including phenoxy) is 1. The van der Waals surface area contributed by atoms with Crippen molar-refractivity contribution in [2.45, 2.75) is 385 Å². The molecule has 1 N–H and O–H groups in total. The molecule has 0 amide bonds. The van der Waals surface area contributed by atoms with Gasteiger partial charge in [-0.25, -0.2) is 0 Å². The summed E-state index contributed by atoms with van der Waals surface area (Å²) in [5.41, 5.74) is 0. The van der Waals surface area contributed by atoms with E-state index in [9.17, 15) is 9.59 Å². The third-order valence-corrected chi connectivity index (χ3v) is 15.2. The number of unbranched alkanes of at least 4 members (excludes halogenated alkanes) is 57. The van der Waals surface area contributed by atoms with Crippen molar-refractivity contribution in [3.63, 3.8) is 0 Å². The van der Waals surface area contributed by atoms with Crippen LogP contribution in [-0.2, 0) is 14.3 Å². The van der Waals surface area contributed by atoms with Gasteiger partial charge in [0, 0.05) is 12.8 Å². The van der Waals surface area contributed by atoms with Crippen molar-refractivity contribution in [2.24, 2.45) is 0 Å². The maximum atomic E-state index is 11.1. The van der Waals surface area contributed by atoms with E-state index in [1.807, 2.05) is 0 Å². The fourth-order valence-electron chi connectivity index (χ4n) is 10.5. The number of rotatable bonds is 61. The molecule has 67 heavy (non-hydrogen) atoms. The molecule has 0 bridgehead atoms. The lowest BCUT2D eigenvalue weighted by Gasteiger charge is -2.05.